The van der Waals surface area contributed by atoms with Crippen molar-refractivity contribution in [3.8, 4) is 5.75 Å². The summed E-state index contributed by atoms with van der Waals surface area (Å²) in [5.74, 6) is -0.120. The Hall–Kier alpha value is -3.86. The highest BCUT2D eigenvalue weighted by atomic mass is 16.5. The minimum atomic E-state index is -0.760. The van der Waals surface area contributed by atoms with Gasteiger partial charge in [-0.15, -0.1) is 0 Å². The van der Waals surface area contributed by atoms with E-state index in [0.717, 1.165) is 27.1 Å². The van der Waals surface area contributed by atoms with Gasteiger partial charge in [-0.05, 0) is 46.2 Å². The van der Waals surface area contributed by atoms with Crippen molar-refractivity contribution in [3.63, 3.8) is 0 Å². The van der Waals surface area contributed by atoms with Crippen molar-refractivity contribution >= 4 is 33.4 Å². The molecule has 0 heterocycles. The van der Waals surface area contributed by atoms with E-state index in [4.69, 9.17) is 4.74 Å². The van der Waals surface area contributed by atoms with Gasteiger partial charge in [0.05, 0.1) is 6.42 Å². The van der Waals surface area contributed by atoms with E-state index in [-0.39, 0.29) is 12.3 Å². The predicted molar refractivity (Wildman–Crippen MR) is 118 cm³/mol. The number of amides is 2. The van der Waals surface area contributed by atoms with Crippen LogP contribution in [0, 0.1) is 0 Å². The third-order valence-corrected chi connectivity index (χ3v) is 4.96. The van der Waals surface area contributed by atoms with E-state index in [2.05, 4.69) is 10.9 Å². The summed E-state index contributed by atoms with van der Waals surface area (Å²) in [5.41, 5.74) is 5.82. The fourth-order valence-corrected chi connectivity index (χ4v) is 3.40. The van der Waals surface area contributed by atoms with Crippen LogP contribution < -0.4 is 15.6 Å². The summed E-state index contributed by atoms with van der Waals surface area (Å²) >= 11 is 0. The van der Waals surface area contributed by atoms with Crippen molar-refractivity contribution in [3.05, 3.63) is 90.5 Å². The molecule has 0 fully saturated rings. The van der Waals surface area contributed by atoms with Crippen LogP contribution in [-0.4, -0.2) is 17.9 Å². The minimum absolute atomic E-state index is 0.168. The number of benzene rings is 4. The van der Waals surface area contributed by atoms with Gasteiger partial charge in [-0.1, -0.05) is 72.8 Å². The van der Waals surface area contributed by atoms with Gasteiger partial charge in [-0.25, -0.2) is 0 Å². The molecule has 0 aromatic heterocycles. The maximum atomic E-state index is 12.3. The maximum absolute atomic E-state index is 12.3. The first-order valence-electron chi connectivity index (χ1n) is 9.81. The van der Waals surface area contributed by atoms with Crippen LogP contribution in [0.4, 0.5) is 0 Å². The fourth-order valence-electron chi connectivity index (χ4n) is 3.40. The summed E-state index contributed by atoms with van der Waals surface area (Å²) in [6.45, 7) is 1.64. The van der Waals surface area contributed by atoms with E-state index in [0.29, 0.717) is 5.75 Å². The van der Waals surface area contributed by atoms with Crippen LogP contribution in [0.15, 0.2) is 84.9 Å². The molecule has 0 saturated carbocycles. The number of fused-ring (bicyclic) bond motifs is 2. The number of hydrazine groups is 1. The average Bonchev–Trinajstić information content (AvgIpc) is 2.77. The molecule has 4 aromatic carbocycles. The van der Waals surface area contributed by atoms with E-state index in [9.17, 15) is 9.59 Å². The zero-order chi connectivity index (χ0) is 20.9. The van der Waals surface area contributed by atoms with Gasteiger partial charge in [0.15, 0.2) is 6.10 Å². The molecule has 0 radical (unpaired) electrons. The Labute approximate surface area is 174 Å². The summed E-state index contributed by atoms with van der Waals surface area (Å²) in [4.78, 5) is 24.7. The number of rotatable bonds is 5. The smallest absolute Gasteiger partial charge is 0.279 e. The Morgan fingerprint density at radius 2 is 1.50 bits per heavy atom. The van der Waals surface area contributed by atoms with Gasteiger partial charge in [0, 0.05) is 0 Å². The second-order valence-electron chi connectivity index (χ2n) is 7.12. The lowest BCUT2D eigenvalue weighted by atomic mass is 10.0. The van der Waals surface area contributed by atoms with Crippen molar-refractivity contribution in [1.82, 2.24) is 10.9 Å². The summed E-state index contributed by atoms with van der Waals surface area (Å²) < 4.78 is 5.73. The lowest BCUT2D eigenvalue weighted by Gasteiger charge is -2.16. The first-order valence-corrected chi connectivity index (χ1v) is 9.81. The third-order valence-electron chi connectivity index (χ3n) is 4.96. The second-order valence-corrected chi connectivity index (χ2v) is 7.12. The molecule has 0 saturated heterocycles. The van der Waals surface area contributed by atoms with Gasteiger partial charge in [-0.3, -0.25) is 20.4 Å². The highest BCUT2D eigenvalue weighted by Gasteiger charge is 2.16. The molecule has 150 valence electrons. The molecule has 2 amide bonds. The fraction of sp³-hybridized carbons (Fsp3) is 0.120. The number of carbonyl (C=O) groups excluding carboxylic acids is 2. The Bertz CT molecular complexity index is 1210. The molecule has 0 unspecified atom stereocenters. The van der Waals surface area contributed by atoms with Gasteiger partial charge in [0.1, 0.15) is 5.75 Å². The van der Waals surface area contributed by atoms with Crippen LogP contribution in [-0.2, 0) is 16.0 Å². The van der Waals surface area contributed by atoms with E-state index in [1.54, 1.807) is 6.92 Å². The Morgan fingerprint density at radius 3 is 2.33 bits per heavy atom. The highest BCUT2D eigenvalue weighted by Crippen LogP contribution is 2.21. The molecular formula is C25H22N2O3. The van der Waals surface area contributed by atoms with Gasteiger partial charge in [0.2, 0.25) is 5.91 Å². The van der Waals surface area contributed by atoms with Gasteiger partial charge >= 0.3 is 0 Å². The molecule has 0 bridgehead atoms. The molecule has 4 aromatic rings. The first kappa shape index (κ1) is 19.5. The summed E-state index contributed by atoms with van der Waals surface area (Å²) in [7, 11) is 0. The van der Waals surface area contributed by atoms with Crippen LogP contribution in [0.1, 0.15) is 12.5 Å². The van der Waals surface area contributed by atoms with Crippen LogP contribution in [0.2, 0.25) is 0 Å². The SMILES string of the molecule is C[C@H](Oc1ccc2ccccc2c1)C(=O)NNC(=O)Cc1cccc2ccccc12. The Balaban J connectivity index is 1.33. The van der Waals surface area contributed by atoms with Crippen LogP contribution in [0.25, 0.3) is 21.5 Å². The number of carbonyl (C=O) groups is 2. The number of ether oxygens (including phenoxy) is 1. The Kier molecular flexibility index (Phi) is 5.61. The molecule has 0 aliphatic heterocycles. The van der Waals surface area contributed by atoms with E-state index in [1.807, 2.05) is 84.9 Å². The van der Waals surface area contributed by atoms with Crippen molar-refractivity contribution in [1.29, 1.82) is 0 Å². The first-order chi connectivity index (χ1) is 14.6. The van der Waals surface area contributed by atoms with Crippen molar-refractivity contribution in [2.45, 2.75) is 19.4 Å². The number of nitrogens with one attached hydrogen (secondary N) is 2. The molecule has 0 aliphatic rings. The predicted octanol–water partition coefficient (Wildman–Crippen LogP) is 4.15. The molecule has 1 atom stereocenters. The zero-order valence-electron chi connectivity index (χ0n) is 16.6. The van der Waals surface area contributed by atoms with Gasteiger partial charge in [-0.2, -0.15) is 0 Å². The van der Waals surface area contributed by atoms with Gasteiger partial charge in [0.25, 0.3) is 5.91 Å². The molecule has 0 aliphatic carbocycles. The third kappa shape index (κ3) is 4.41. The standard InChI is InChI=1S/C25H22N2O3/c1-17(30-22-14-13-18-7-2-3-9-20(18)15-22)25(29)27-26-24(28)16-21-11-6-10-19-8-4-5-12-23(19)21/h2-15,17H,16H2,1H3,(H,26,28)(H,27,29)/t17-/m0/s1. The number of hydrogen-bond acceptors (Lipinski definition) is 3. The molecular weight excluding hydrogens is 376 g/mol. The van der Waals surface area contributed by atoms with E-state index in [1.165, 1.54) is 0 Å². The van der Waals surface area contributed by atoms with Crippen LogP contribution in [0.5, 0.6) is 5.75 Å². The van der Waals surface area contributed by atoms with Crippen LogP contribution in [0.3, 0.4) is 0 Å². The topological polar surface area (TPSA) is 67.4 Å². The van der Waals surface area contributed by atoms with Gasteiger partial charge < -0.3 is 4.74 Å². The normalized spacial score (nSPS) is 11.8. The second kappa shape index (κ2) is 8.66. The highest BCUT2D eigenvalue weighted by molar-refractivity contribution is 5.91. The minimum Gasteiger partial charge on any atom is -0.481 e. The number of hydrogen-bond donors (Lipinski definition) is 2. The average molecular weight is 398 g/mol. The van der Waals surface area contributed by atoms with Crippen LogP contribution >= 0.6 is 0 Å². The molecule has 30 heavy (non-hydrogen) atoms. The maximum Gasteiger partial charge on any atom is 0.279 e. The van der Waals surface area contributed by atoms with Crippen molar-refractivity contribution in [2.75, 3.05) is 0 Å². The molecule has 4 rings (SSSR count). The lowest BCUT2D eigenvalue weighted by molar-refractivity contribution is -0.132. The molecule has 5 nitrogen and oxygen atoms in total. The largest absolute Gasteiger partial charge is 0.481 e. The summed E-state index contributed by atoms with van der Waals surface area (Å²) in [6.07, 6.45) is -0.592. The zero-order valence-corrected chi connectivity index (χ0v) is 16.6. The Morgan fingerprint density at radius 1 is 0.800 bits per heavy atom. The van der Waals surface area contributed by atoms with Crippen molar-refractivity contribution in [2.24, 2.45) is 0 Å². The van der Waals surface area contributed by atoms with E-state index >= 15 is 0 Å². The monoisotopic (exact) mass is 398 g/mol. The molecule has 0 spiro atoms. The quantitative estimate of drug-likeness (QED) is 0.496. The van der Waals surface area contributed by atoms with Crippen molar-refractivity contribution < 1.29 is 14.3 Å². The molecule has 2 N–H and O–H groups in total. The van der Waals surface area contributed by atoms with E-state index < -0.39 is 12.0 Å². The summed E-state index contributed by atoms with van der Waals surface area (Å²) in [6, 6.07) is 27.3. The lowest BCUT2D eigenvalue weighted by Crippen LogP contribution is -2.47. The summed E-state index contributed by atoms with van der Waals surface area (Å²) in [5, 5.41) is 4.23. The molecule has 5 heteroatoms.